The maximum atomic E-state index is 5.62. The molecule has 4 nitrogen and oxygen atoms in total. The number of aryl methyl sites for hydroxylation is 1. The molecule has 0 spiro atoms. The molecule has 0 bridgehead atoms. The Morgan fingerprint density at radius 3 is 2.94 bits per heavy atom. The van der Waals surface area contributed by atoms with Gasteiger partial charge in [0.2, 0.25) is 0 Å². The van der Waals surface area contributed by atoms with Crippen LogP contribution >= 0.6 is 11.3 Å². The van der Waals surface area contributed by atoms with Crippen molar-refractivity contribution in [1.29, 1.82) is 0 Å². The Labute approximate surface area is 113 Å². The van der Waals surface area contributed by atoms with Crippen LogP contribution in [0.3, 0.4) is 0 Å². The smallest absolute Gasteiger partial charge is 0.109 e. The molecule has 0 saturated heterocycles. The first-order chi connectivity index (χ1) is 8.65. The Hall–Kier alpha value is -0.490. The lowest BCUT2D eigenvalue weighted by Crippen LogP contribution is -2.60. The van der Waals surface area contributed by atoms with Crippen molar-refractivity contribution in [2.24, 2.45) is 0 Å². The summed E-state index contributed by atoms with van der Waals surface area (Å²) in [7, 11) is 1.75. The number of aromatic nitrogens is 1. The highest BCUT2D eigenvalue weighted by molar-refractivity contribution is 7.11. The Morgan fingerprint density at radius 2 is 2.39 bits per heavy atom. The molecule has 1 saturated carbocycles. The Balaban J connectivity index is 1.87. The molecule has 0 radical (unpaired) electrons. The third-order valence-electron chi connectivity index (χ3n) is 3.38. The molecular weight excluding hydrogens is 248 g/mol. The second-order valence-corrected chi connectivity index (χ2v) is 6.00. The molecular formula is C13H22N2O2S. The van der Waals surface area contributed by atoms with Gasteiger partial charge in [-0.15, -0.1) is 11.3 Å². The molecule has 1 heterocycles. The molecule has 4 atom stereocenters. The van der Waals surface area contributed by atoms with Crippen LogP contribution in [0.1, 0.15) is 36.2 Å². The number of nitrogens with one attached hydrogen (secondary N) is 1. The van der Waals surface area contributed by atoms with E-state index in [-0.39, 0.29) is 18.2 Å². The zero-order valence-corrected chi connectivity index (χ0v) is 12.3. The van der Waals surface area contributed by atoms with E-state index < -0.39 is 0 Å². The van der Waals surface area contributed by atoms with Gasteiger partial charge in [0.1, 0.15) is 5.01 Å². The van der Waals surface area contributed by atoms with Crippen molar-refractivity contribution in [3.8, 4) is 0 Å². The summed E-state index contributed by atoms with van der Waals surface area (Å²) in [6, 6.07) is 0.639. The zero-order valence-electron chi connectivity index (χ0n) is 11.5. The summed E-state index contributed by atoms with van der Waals surface area (Å²) in [5.74, 6) is 0. The molecule has 0 aromatic carbocycles. The van der Waals surface area contributed by atoms with Crippen molar-refractivity contribution in [2.45, 2.75) is 51.5 Å². The fourth-order valence-electron chi connectivity index (χ4n) is 2.40. The van der Waals surface area contributed by atoms with Crippen molar-refractivity contribution in [3.05, 3.63) is 16.1 Å². The standard InChI is InChI=1S/C13H22N2O2S/c1-5-17-11-6-10(12(11)16-4)15-9(3)13-14-7-8(2)18-13/h7,9-12,15H,5-6H2,1-4H3. The maximum Gasteiger partial charge on any atom is 0.109 e. The Kier molecular flexibility index (Phi) is 4.72. The largest absolute Gasteiger partial charge is 0.377 e. The molecule has 1 N–H and O–H groups in total. The average molecular weight is 270 g/mol. The van der Waals surface area contributed by atoms with Crippen LogP contribution in [0.5, 0.6) is 0 Å². The summed E-state index contributed by atoms with van der Waals surface area (Å²) in [5, 5.41) is 4.72. The first kappa shape index (κ1) is 13.9. The highest BCUT2D eigenvalue weighted by atomic mass is 32.1. The van der Waals surface area contributed by atoms with Crippen LogP contribution in [0.15, 0.2) is 6.20 Å². The summed E-state index contributed by atoms with van der Waals surface area (Å²) < 4.78 is 11.1. The zero-order chi connectivity index (χ0) is 13.1. The minimum Gasteiger partial charge on any atom is -0.377 e. The van der Waals surface area contributed by atoms with Gasteiger partial charge in [-0.05, 0) is 27.2 Å². The first-order valence-electron chi connectivity index (χ1n) is 6.48. The molecule has 18 heavy (non-hydrogen) atoms. The van der Waals surface area contributed by atoms with Crippen LogP contribution in [0.2, 0.25) is 0 Å². The topological polar surface area (TPSA) is 43.4 Å². The molecule has 1 aromatic rings. The van der Waals surface area contributed by atoms with Crippen molar-refractivity contribution in [2.75, 3.05) is 13.7 Å². The minimum atomic E-state index is 0.161. The van der Waals surface area contributed by atoms with Crippen LogP contribution in [0.4, 0.5) is 0 Å². The predicted octanol–water partition coefficient (Wildman–Crippen LogP) is 2.29. The minimum absolute atomic E-state index is 0.161. The van der Waals surface area contributed by atoms with Crippen molar-refractivity contribution >= 4 is 11.3 Å². The van der Waals surface area contributed by atoms with Gasteiger partial charge in [-0.3, -0.25) is 0 Å². The van der Waals surface area contributed by atoms with E-state index >= 15 is 0 Å². The molecule has 1 fully saturated rings. The maximum absolute atomic E-state index is 5.62. The first-order valence-corrected chi connectivity index (χ1v) is 7.30. The molecule has 0 aliphatic heterocycles. The van der Waals surface area contributed by atoms with Crippen molar-refractivity contribution in [1.82, 2.24) is 10.3 Å². The van der Waals surface area contributed by atoms with Crippen LogP contribution in [-0.2, 0) is 9.47 Å². The Morgan fingerprint density at radius 1 is 1.61 bits per heavy atom. The molecule has 0 amide bonds. The third-order valence-corrected chi connectivity index (χ3v) is 4.47. The number of hydrogen-bond acceptors (Lipinski definition) is 5. The summed E-state index contributed by atoms with van der Waals surface area (Å²) in [4.78, 5) is 5.67. The molecule has 1 aromatic heterocycles. The number of thiazole rings is 1. The summed E-state index contributed by atoms with van der Waals surface area (Å²) in [6.07, 6.45) is 3.34. The SMILES string of the molecule is CCOC1CC(NC(C)c2ncc(C)s2)C1OC. The molecule has 5 heteroatoms. The summed E-state index contributed by atoms with van der Waals surface area (Å²) in [5.41, 5.74) is 0. The van der Waals surface area contributed by atoms with E-state index in [4.69, 9.17) is 9.47 Å². The normalized spacial score (nSPS) is 29.0. The summed E-state index contributed by atoms with van der Waals surface area (Å²) >= 11 is 1.75. The number of methoxy groups -OCH3 is 1. The lowest BCUT2D eigenvalue weighted by molar-refractivity contribution is -0.133. The fraction of sp³-hybridized carbons (Fsp3) is 0.769. The van der Waals surface area contributed by atoms with Gasteiger partial charge in [0.05, 0.1) is 18.2 Å². The van der Waals surface area contributed by atoms with Gasteiger partial charge >= 0.3 is 0 Å². The highest BCUT2D eigenvalue weighted by Gasteiger charge is 2.42. The average Bonchev–Trinajstić information content (AvgIpc) is 2.74. The third kappa shape index (κ3) is 2.91. The lowest BCUT2D eigenvalue weighted by atomic mass is 9.84. The quantitative estimate of drug-likeness (QED) is 0.861. The van der Waals surface area contributed by atoms with Gasteiger partial charge in [-0.2, -0.15) is 0 Å². The van der Waals surface area contributed by atoms with E-state index in [1.807, 2.05) is 13.1 Å². The number of nitrogens with zero attached hydrogens (tertiary/aromatic N) is 1. The molecule has 4 unspecified atom stereocenters. The van der Waals surface area contributed by atoms with E-state index in [9.17, 15) is 0 Å². The van der Waals surface area contributed by atoms with Crippen LogP contribution in [0, 0.1) is 6.92 Å². The lowest BCUT2D eigenvalue weighted by Gasteiger charge is -2.44. The van der Waals surface area contributed by atoms with Gasteiger partial charge < -0.3 is 14.8 Å². The van der Waals surface area contributed by atoms with E-state index in [0.29, 0.717) is 6.04 Å². The molecule has 102 valence electrons. The molecule has 1 aliphatic rings. The van der Waals surface area contributed by atoms with Crippen LogP contribution in [0.25, 0.3) is 0 Å². The Bertz CT molecular complexity index is 383. The monoisotopic (exact) mass is 270 g/mol. The van der Waals surface area contributed by atoms with Crippen molar-refractivity contribution in [3.63, 3.8) is 0 Å². The van der Waals surface area contributed by atoms with Crippen LogP contribution < -0.4 is 5.32 Å². The number of hydrogen-bond donors (Lipinski definition) is 1. The van der Waals surface area contributed by atoms with Gasteiger partial charge in [0.25, 0.3) is 0 Å². The highest BCUT2D eigenvalue weighted by Crippen LogP contribution is 2.29. The molecule has 1 aliphatic carbocycles. The van der Waals surface area contributed by atoms with E-state index in [0.717, 1.165) is 18.0 Å². The molecule has 2 rings (SSSR count). The van der Waals surface area contributed by atoms with Gasteiger partial charge in [-0.25, -0.2) is 4.98 Å². The second-order valence-electron chi connectivity index (χ2n) is 4.73. The van der Waals surface area contributed by atoms with Crippen molar-refractivity contribution < 1.29 is 9.47 Å². The van der Waals surface area contributed by atoms with Gasteiger partial charge in [0, 0.05) is 30.8 Å². The fourth-order valence-corrected chi connectivity index (χ4v) is 3.19. The van der Waals surface area contributed by atoms with E-state index in [2.05, 4.69) is 24.1 Å². The van der Waals surface area contributed by atoms with Crippen LogP contribution in [-0.4, -0.2) is 37.0 Å². The van der Waals surface area contributed by atoms with Gasteiger partial charge in [0.15, 0.2) is 0 Å². The van der Waals surface area contributed by atoms with E-state index in [1.54, 1.807) is 18.4 Å². The number of rotatable bonds is 6. The van der Waals surface area contributed by atoms with E-state index in [1.165, 1.54) is 4.88 Å². The van der Waals surface area contributed by atoms with Gasteiger partial charge in [-0.1, -0.05) is 0 Å². The second kappa shape index (κ2) is 6.10. The number of ether oxygens (including phenoxy) is 2. The summed E-state index contributed by atoms with van der Waals surface area (Å²) in [6.45, 7) is 7.01. The predicted molar refractivity (Wildman–Crippen MR) is 73.0 cm³/mol.